The summed E-state index contributed by atoms with van der Waals surface area (Å²) in [5.41, 5.74) is 1.19. The van der Waals surface area contributed by atoms with Crippen LogP contribution in [-0.2, 0) is 11.3 Å². The molecule has 1 amide bonds. The van der Waals surface area contributed by atoms with Gasteiger partial charge in [-0.15, -0.1) is 24.0 Å². The molecule has 1 aromatic heterocycles. The number of halogens is 1. The van der Waals surface area contributed by atoms with Crippen molar-refractivity contribution in [1.29, 1.82) is 0 Å². The fraction of sp³-hybridized carbons (Fsp3) is 0.696. The third-order valence-electron chi connectivity index (χ3n) is 6.37. The fourth-order valence-electron chi connectivity index (χ4n) is 4.33. The van der Waals surface area contributed by atoms with E-state index in [9.17, 15) is 4.79 Å². The van der Waals surface area contributed by atoms with E-state index in [1.165, 1.54) is 5.56 Å². The van der Waals surface area contributed by atoms with Crippen LogP contribution in [0.2, 0.25) is 0 Å². The highest BCUT2D eigenvalue weighted by atomic mass is 127. The number of aromatic nitrogens is 1. The van der Waals surface area contributed by atoms with Crippen LogP contribution >= 0.6 is 24.0 Å². The smallest absolute Gasteiger partial charge is 0.220 e. The Morgan fingerprint density at radius 3 is 2.50 bits per heavy atom. The first-order valence-electron chi connectivity index (χ1n) is 11.8. The van der Waals surface area contributed by atoms with Crippen molar-refractivity contribution in [3.8, 4) is 0 Å². The maximum absolute atomic E-state index is 11.7. The zero-order valence-electron chi connectivity index (χ0n) is 19.8. The molecule has 0 atom stereocenters. The van der Waals surface area contributed by atoms with Crippen LogP contribution in [0.25, 0.3) is 0 Å². The lowest BCUT2D eigenvalue weighted by atomic mass is 9.93. The van der Waals surface area contributed by atoms with Gasteiger partial charge < -0.3 is 25.3 Å². The summed E-state index contributed by atoms with van der Waals surface area (Å²) < 4.78 is 0. The molecule has 0 radical (unpaired) electrons. The molecule has 0 aliphatic carbocycles. The first kappa shape index (κ1) is 26.6. The van der Waals surface area contributed by atoms with Crippen molar-refractivity contribution < 1.29 is 4.79 Å². The summed E-state index contributed by atoms with van der Waals surface area (Å²) in [6.07, 6.45) is 4.59. The number of pyridine rings is 1. The van der Waals surface area contributed by atoms with E-state index in [0.717, 1.165) is 77.0 Å². The van der Waals surface area contributed by atoms with E-state index in [2.05, 4.69) is 56.3 Å². The van der Waals surface area contributed by atoms with Gasteiger partial charge in [-0.2, -0.15) is 0 Å². The molecule has 180 valence electrons. The average molecular weight is 558 g/mol. The van der Waals surface area contributed by atoms with E-state index in [0.29, 0.717) is 18.9 Å². The summed E-state index contributed by atoms with van der Waals surface area (Å²) in [5.74, 6) is 2.64. The maximum atomic E-state index is 11.7. The number of carbonyl (C=O) groups is 1. The number of hydrogen-bond acceptors (Lipinski definition) is 5. The van der Waals surface area contributed by atoms with E-state index >= 15 is 0 Å². The number of rotatable bonds is 7. The molecule has 0 bridgehead atoms. The first-order valence-corrected chi connectivity index (χ1v) is 11.8. The summed E-state index contributed by atoms with van der Waals surface area (Å²) >= 11 is 0. The van der Waals surface area contributed by atoms with Crippen LogP contribution in [-0.4, -0.2) is 86.1 Å². The van der Waals surface area contributed by atoms with E-state index < -0.39 is 0 Å². The fourth-order valence-corrected chi connectivity index (χ4v) is 4.33. The van der Waals surface area contributed by atoms with Gasteiger partial charge in [0.1, 0.15) is 5.82 Å². The van der Waals surface area contributed by atoms with Crippen LogP contribution < -0.4 is 15.5 Å². The summed E-state index contributed by atoms with van der Waals surface area (Å²) in [4.78, 5) is 28.4. The molecule has 0 spiro atoms. The molecule has 2 N–H and O–H groups in total. The van der Waals surface area contributed by atoms with Crippen LogP contribution in [0.5, 0.6) is 0 Å². The molecule has 0 aromatic carbocycles. The number of likely N-dealkylation sites (N-methyl/N-ethyl adjacent to an activating group) is 1. The molecule has 2 saturated heterocycles. The number of guanidine groups is 1. The van der Waals surface area contributed by atoms with Crippen molar-refractivity contribution in [1.82, 2.24) is 25.4 Å². The Labute approximate surface area is 210 Å². The SMILES string of the molecule is CCNC(=NCc1ccnc(N2CCN(CC)CC2)c1)N1CCC(CC(=O)NC)CC1.I. The van der Waals surface area contributed by atoms with Gasteiger partial charge in [0.25, 0.3) is 0 Å². The summed E-state index contributed by atoms with van der Waals surface area (Å²) in [7, 11) is 1.71. The number of aliphatic imine (C=N–C) groups is 1. The lowest BCUT2D eigenvalue weighted by Crippen LogP contribution is -2.46. The molecule has 3 heterocycles. The minimum Gasteiger partial charge on any atom is -0.359 e. The van der Waals surface area contributed by atoms with Gasteiger partial charge in [-0.25, -0.2) is 9.98 Å². The largest absolute Gasteiger partial charge is 0.359 e. The lowest BCUT2D eigenvalue weighted by Gasteiger charge is -2.35. The van der Waals surface area contributed by atoms with E-state index in [4.69, 9.17) is 4.99 Å². The molecular weight excluding hydrogens is 517 g/mol. The van der Waals surface area contributed by atoms with Crippen molar-refractivity contribution in [3.63, 3.8) is 0 Å². The van der Waals surface area contributed by atoms with Crippen molar-refractivity contribution in [2.45, 2.75) is 39.7 Å². The minimum absolute atomic E-state index is 0. The van der Waals surface area contributed by atoms with Gasteiger partial charge in [-0.3, -0.25) is 4.79 Å². The number of piperidine rings is 1. The Balaban J connectivity index is 0.00000363. The highest BCUT2D eigenvalue weighted by Crippen LogP contribution is 2.21. The van der Waals surface area contributed by atoms with Crippen molar-refractivity contribution in [3.05, 3.63) is 23.9 Å². The summed E-state index contributed by atoms with van der Waals surface area (Å²) in [5, 5.41) is 6.18. The topological polar surface area (TPSA) is 76.1 Å². The molecule has 32 heavy (non-hydrogen) atoms. The zero-order valence-corrected chi connectivity index (χ0v) is 22.2. The molecule has 0 unspecified atom stereocenters. The second-order valence-electron chi connectivity index (χ2n) is 8.42. The second-order valence-corrected chi connectivity index (χ2v) is 8.42. The van der Waals surface area contributed by atoms with Crippen LogP contribution in [0.4, 0.5) is 5.82 Å². The van der Waals surface area contributed by atoms with Gasteiger partial charge in [0.2, 0.25) is 5.91 Å². The van der Waals surface area contributed by atoms with Gasteiger partial charge in [0.05, 0.1) is 6.54 Å². The molecule has 3 rings (SSSR count). The van der Waals surface area contributed by atoms with Gasteiger partial charge in [0, 0.05) is 65.5 Å². The number of nitrogens with zero attached hydrogens (tertiary/aromatic N) is 5. The monoisotopic (exact) mass is 557 g/mol. The van der Waals surface area contributed by atoms with Gasteiger partial charge in [0.15, 0.2) is 5.96 Å². The molecule has 9 heteroatoms. The van der Waals surface area contributed by atoms with Crippen LogP contribution in [0.15, 0.2) is 23.3 Å². The van der Waals surface area contributed by atoms with Crippen molar-refractivity contribution in [2.24, 2.45) is 10.9 Å². The van der Waals surface area contributed by atoms with Gasteiger partial charge in [-0.1, -0.05) is 6.92 Å². The second kappa shape index (κ2) is 13.8. The normalized spacial score (nSPS) is 18.3. The summed E-state index contributed by atoms with van der Waals surface area (Å²) in [6.45, 7) is 13.1. The minimum atomic E-state index is 0. The molecule has 1 aromatic rings. The third-order valence-corrected chi connectivity index (χ3v) is 6.37. The quantitative estimate of drug-likeness (QED) is 0.304. The number of likely N-dealkylation sites (tertiary alicyclic amines) is 1. The molecule has 2 fully saturated rings. The number of piperazine rings is 1. The van der Waals surface area contributed by atoms with Gasteiger partial charge >= 0.3 is 0 Å². The predicted molar refractivity (Wildman–Crippen MR) is 142 cm³/mol. The molecule has 2 aliphatic rings. The first-order chi connectivity index (χ1) is 15.1. The number of carbonyl (C=O) groups excluding carboxylic acids is 1. The number of amides is 1. The van der Waals surface area contributed by atoms with E-state index in [-0.39, 0.29) is 29.9 Å². The number of anilines is 1. The zero-order chi connectivity index (χ0) is 22.1. The average Bonchev–Trinajstić information content (AvgIpc) is 2.82. The Morgan fingerprint density at radius 2 is 1.88 bits per heavy atom. The number of nitrogens with one attached hydrogen (secondary N) is 2. The Hall–Kier alpha value is -1.62. The lowest BCUT2D eigenvalue weighted by molar-refractivity contribution is -0.121. The Morgan fingerprint density at radius 1 is 1.16 bits per heavy atom. The summed E-state index contributed by atoms with van der Waals surface area (Å²) in [6, 6.07) is 4.25. The van der Waals surface area contributed by atoms with Crippen molar-refractivity contribution >= 4 is 41.7 Å². The molecule has 2 aliphatic heterocycles. The van der Waals surface area contributed by atoms with E-state index in [1.54, 1.807) is 7.05 Å². The highest BCUT2D eigenvalue weighted by molar-refractivity contribution is 14.0. The highest BCUT2D eigenvalue weighted by Gasteiger charge is 2.23. The van der Waals surface area contributed by atoms with Crippen molar-refractivity contribution in [2.75, 3.05) is 64.3 Å². The Bertz CT molecular complexity index is 729. The Kier molecular flexibility index (Phi) is 11.5. The van der Waals surface area contributed by atoms with Gasteiger partial charge in [-0.05, 0) is 49.9 Å². The maximum Gasteiger partial charge on any atom is 0.220 e. The molecule has 0 saturated carbocycles. The van der Waals surface area contributed by atoms with E-state index in [1.807, 2.05) is 6.20 Å². The van der Waals surface area contributed by atoms with Crippen LogP contribution in [0.1, 0.15) is 38.7 Å². The predicted octanol–water partition coefficient (Wildman–Crippen LogP) is 2.16. The third kappa shape index (κ3) is 7.75. The molecular formula is C23H40IN7O. The van der Waals surface area contributed by atoms with Crippen LogP contribution in [0, 0.1) is 5.92 Å². The standard InChI is InChI=1S/C23H39N7O.HI/c1-4-25-23(30-10-7-19(8-11-30)17-22(31)24-3)27-18-20-6-9-26-21(16-20)29-14-12-28(5-2)13-15-29;/h6,9,16,19H,4-5,7-8,10-15,17-18H2,1-3H3,(H,24,31)(H,25,27);1H. The van der Waals surface area contributed by atoms with Crippen LogP contribution in [0.3, 0.4) is 0 Å². The molecule has 8 nitrogen and oxygen atoms in total. The number of hydrogen-bond donors (Lipinski definition) is 2.